The van der Waals surface area contributed by atoms with Crippen molar-refractivity contribution in [2.45, 2.75) is 26.7 Å². The van der Waals surface area contributed by atoms with Crippen molar-refractivity contribution < 1.29 is 14.6 Å². The maximum atomic E-state index is 10.5. The second kappa shape index (κ2) is 6.16. The first kappa shape index (κ1) is 12.6. The molecule has 0 saturated carbocycles. The Kier molecular flexibility index (Phi) is 4.83. The number of rotatable bonds is 6. The van der Waals surface area contributed by atoms with Crippen LogP contribution in [0.25, 0.3) is 0 Å². The van der Waals surface area contributed by atoms with Crippen molar-refractivity contribution in [3.05, 3.63) is 29.8 Å². The van der Waals surface area contributed by atoms with Crippen molar-refractivity contribution in [2.75, 3.05) is 6.61 Å². The van der Waals surface area contributed by atoms with Crippen LogP contribution in [0.1, 0.15) is 25.8 Å². The molecule has 16 heavy (non-hydrogen) atoms. The summed E-state index contributed by atoms with van der Waals surface area (Å²) in [5, 5.41) is 8.68. The van der Waals surface area contributed by atoms with Gasteiger partial charge in [0, 0.05) is 6.42 Å². The fourth-order valence-electron chi connectivity index (χ4n) is 1.70. The van der Waals surface area contributed by atoms with Crippen molar-refractivity contribution in [1.82, 2.24) is 0 Å². The van der Waals surface area contributed by atoms with Crippen molar-refractivity contribution in [3.8, 4) is 5.75 Å². The first-order valence-electron chi connectivity index (χ1n) is 5.55. The van der Waals surface area contributed by atoms with E-state index in [-0.39, 0.29) is 12.3 Å². The molecule has 1 aromatic rings. The number of benzene rings is 1. The molecule has 0 radical (unpaired) electrons. The predicted molar refractivity (Wildman–Crippen MR) is 62.7 cm³/mol. The van der Waals surface area contributed by atoms with Crippen LogP contribution in [0.5, 0.6) is 5.75 Å². The molecule has 1 rings (SSSR count). The van der Waals surface area contributed by atoms with E-state index in [0.717, 1.165) is 17.7 Å². The Morgan fingerprint density at radius 3 is 2.88 bits per heavy atom. The molecule has 3 heteroatoms. The molecule has 1 N–H and O–H groups in total. The lowest BCUT2D eigenvalue weighted by Gasteiger charge is -2.10. The second-order valence-electron chi connectivity index (χ2n) is 3.99. The van der Waals surface area contributed by atoms with Crippen LogP contribution in [-0.2, 0) is 11.2 Å². The summed E-state index contributed by atoms with van der Waals surface area (Å²) in [6, 6.07) is 7.82. The van der Waals surface area contributed by atoms with E-state index in [1.807, 2.05) is 38.1 Å². The molecule has 0 fully saturated rings. The zero-order valence-electron chi connectivity index (χ0n) is 9.77. The van der Waals surface area contributed by atoms with Gasteiger partial charge in [0.15, 0.2) is 0 Å². The Morgan fingerprint density at radius 1 is 1.50 bits per heavy atom. The second-order valence-corrected chi connectivity index (χ2v) is 3.99. The summed E-state index contributed by atoms with van der Waals surface area (Å²) in [5.74, 6) is 0.255. The molecule has 1 aromatic carbocycles. The molecule has 0 heterocycles. The molecule has 0 aliphatic carbocycles. The lowest BCUT2D eigenvalue weighted by atomic mass is 9.98. The molecule has 3 nitrogen and oxygen atoms in total. The number of ether oxygens (including phenoxy) is 1. The van der Waals surface area contributed by atoms with Crippen LogP contribution in [0.3, 0.4) is 0 Å². The molecule has 0 aliphatic rings. The molecule has 0 saturated heterocycles. The van der Waals surface area contributed by atoms with Gasteiger partial charge in [-0.3, -0.25) is 4.79 Å². The summed E-state index contributed by atoms with van der Waals surface area (Å²) >= 11 is 0. The first-order chi connectivity index (χ1) is 7.61. The van der Waals surface area contributed by atoms with Crippen LogP contribution in [0, 0.1) is 5.92 Å². The average molecular weight is 222 g/mol. The quantitative estimate of drug-likeness (QED) is 0.805. The van der Waals surface area contributed by atoms with E-state index in [1.54, 1.807) is 0 Å². The van der Waals surface area contributed by atoms with Gasteiger partial charge in [0.2, 0.25) is 0 Å². The molecule has 0 amide bonds. The van der Waals surface area contributed by atoms with E-state index in [0.29, 0.717) is 6.61 Å². The van der Waals surface area contributed by atoms with Gasteiger partial charge >= 0.3 is 5.97 Å². The van der Waals surface area contributed by atoms with E-state index in [1.165, 1.54) is 0 Å². The normalized spacial score (nSPS) is 12.1. The Balaban J connectivity index is 2.59. The highest BCUT2D eigenvalue weighted by Crippen LogP contribution is 2.17. The summed E-state index contributed by atoms with van der Waals surface area (Å²) < 4.78 is 5.39. The Labute approximate surface area is 96.1 Å². The van der Waals surface area contributed by atoms with Crippen molar-refractivity contribution in [3.63, 3.8) is 0 Å². The Bertz CT molecular complexity index is 347. The van der Waals surface area contributed by atoms with Gasteiger partial charge in [-0.1, -0.05) is 19.1 Å². The fourth-order valence-corrected chi connectivity index (χ4v) is 1.70. The highest BCUT2D eigenvalue weighted by atomic mass is 16.5. The minimum absolute atomic E-state index is 0.148. The number of aliphatic carboxylic acids is 1. The van der Waals surface area contributed by atoms with Gasteiger partial charge in [-0.05, 0) is 37.0 Å². The molecule has 1 atom stereocenters. The van der Waals surface area contributed by atoms with E-state index < -0.39 is 5.97 Å². The zero-order chi connectivity index (χ0) is 12.0. The smallest absolute Gasteiger partial charge is 0.303 e. The summed E-state index contributed by atoms with van der Waals surface area (Å²) in [5.41, 5.74) is 1.12. The Morgan fingerprint density at radius 2 is 2.25 bits per heavy atom. The number of hydrogen-bond donors (Lipinski definition) is 1. The topological polar surface area (TPSA) is 46.5 Å². The van der Waals surface area contributed by atoms with E-state index in [2.05, 4.69) is 0 Å². The molecule has 0 aliphatic heterocycles. The average Bonchev–Trinajstić information content (AvgIpc) is 2.17. The highest BCUT2D eigenvalue weighted by molar-refractivity contribution is 5.67. The zero-order valence-corrected chi connectivity index (χ0v) is 9.77. The standard InChI is InChI=1S/C13H18O3/c1-3-16-12-6-4-5-11(9-12)7-10(2)8-13(14)15/h4-6,9-10H,3,7-8H2,1-2H3,(H,14,15). The first-order valence-corrected chi connectivity index (χ1v) is 5.55. The molecular formula is C13H18O3. The summed E-state index contributed by atoms with van der Waals surface area (Å²) in [6.07, 6.45) is 0.978. The van der Waals surface area contributed by atoms with Gasteiger partial charge in [0.1, 0.15) is 5.75 Å². The van der Waals surface area contributed by atoms with Crippen molar-refractivity contribution >= 4 is 5.97 Å². The third-order valence-corrected chi connectivity index (χ3v) is 2.32. The molecule has 0 bridgehead atoms. The number of hydrogen-bond acceptors (Lipinski definition) is 2. The molecule has 0 aromatic heterocycles. The van der Waals surface area contributed by atoms with E-state index in [9.17, 15) is 4.79 Å². The summed E-state index contributed by atoms with van der Waals surface area (Å²) in [4.78, 5) is 10.5. The predicted octanol–water partition coefficient (Wildman–Crippen LogP) is 2.74. The summed E-state index contributed by atoms with van der Waals surface area (Å²) in [6.45, 7) is 4.54. The number of carboxylic acid groups (broad SMARTS) is 1. The van der Waals surface area contributed by atoms with Gasteiger partial charge in [0.05, 0.1) is 6.61 Å². The van der Waals surface area contributed by atoms with Crippen LogP contribution >= 0.6 is 0 Å². The van der Waals surface area contributed by atoms with E-state index >= 15 is 0 Å². The van der Waals surface area contributed by atoms with E-state index in [4.69, 9.17) is 9.84 Å². The van der Waals surface area contributed by atoms with Crippen LogP contribution in [0.15, 0.2) is 24.3 Å². The minimum Gasteiger partial charge on any atom is -0.494 e. The molecule has 88 valence electrons. The third-order valence-electron chi connectivity index (χ3n) is 2.32. The monoisotopic (exact) mass is 222 g/mol. The van der Waals surface area contributed by atoms with Gasteiger partial charge in [-0.15, -0.1) is 0 Å². The van der Waals surface area contributed by atoms with Crippen LogP contribution in [0.2, 0.25) is 0 Å². The van der Waals surface area contributed by atoms with Gasteiger partial charge < -0.3 is 9.84 Å². The minimum atomic E-state index is -0.742. The van der Waals surface area contributed by atoms with Gasteiger partial charge in [-0.25, -0.2) is 0 Å². The van der Waals surface area contributed by atoms with Gasteiger partial charge in [0.25, 0.3) is 0 Å². The van der Waals surface area contributed by atoms with Crippen molar-refractivity contribution in [2.24, 2.45) is 5.92 Å². The number of carboxylic acids is 1. The lowest BCUT2D eigenvalue weighted by Crippen LogP contribution is -2.07. The highest BCUT2D eigenvalue weighted by Gasteiger charge is 2.08. The summed E-state index contributed by atoms with van der Waals surface area (Å²) in [7, 11) is 0. The maximum absolute atomic E-state index is 10.5. The van der Waals surface area contributed by atoms with Crippen LogP contribution in [-0.4, -0.2) is 17.7 Å². The largest absolute Gasteiger partial charge is 0.494 e. The third kappa shape index (κ3) is 4.34. The van der Waals surface area contributed by atoms with Gasteiger partial charge in [-0.2, -0.15) is 0 Å². The molecule has 1 unspecified atom stereocenters. The molecule has 0 spiro atoms. The Hall–Kier alpha value is -1.51. The molecular weight excluding hydrogens is 204 g/mol. The lowest BCUT2D eigenvalue weighted by molar-refractivity contribution is -0.137. The number of carbonyl (C=O) groups is 1. The van der Waals surface area contributed by atoms with Crippen LogP contribution in [0.4, 0.5) is 0 Å². The SMILES string of the molecule is CCOc1cccc(CC(C)CC(=O)O)c1. The fraction of sp³-hybridized carbons (Fsp3) is 0.462. The maximum Gasteiger partial charge on any atom is 0.303 e. The van der Waals surface area contributed by atoms with Crippen LogP contribution < -0.4 is 4.74 Å². The van der Waals surface area contributed by atoms with Crippen molar-refractivity contribution in [1.29, 1.82) is 0 Å².